The van der Waals surface area contributed by atoms with Crippen molar-refractivity contribution in [1.29, 1.82) is 5.26 Å². The fraction of sp³-hybridized carbons (Fsp3) is 0.364. The molecule has 1 aromatic rings. The third kappa shape index (κ3) is 4.07. The van der Waals surface area contributed by atoms with Gasteiger partial charge in [-0.1, -0.05) is 12.1 Å². The van der Waals surface area contributed by atoms with Crippen LogP contribution in [0.25, 0.3) is 0 Å². The summed E-state index contributed by atoms with van der Waals surface area (Å²) in [6.07, 6.45) is 1.33. The van der Waals surface area contributed by atoms with E-state index in [0.717, 1.165) is 18.5 Å². The highest BCUT2D eigenvalue weighted by Gasteiger charge is 2.04. The normalized spacial score (nSPS) is 9.69. The van der Waals surface area contributed by atoms with E-state index in [2.05, 4.69) is 11.4 Å². The molecule has 0 unspecified atom stereocenters. The monoisotopic (exact) mass is 219 g/mol. The minimum absolute atomic E-state index is 0.108. The Kier molecular flexibility index (Phi) is 4.96. The zero-order chi connectivity index (χ0) is 11.8. The molecule has 0 fully saturated rings. The van der Waals surface area contributed by atoms with Crippen molar-refractivity contribution in [2.45, 2.75) is 19.4 Å². The van der Waals surface area contributed by atoms with Gasteiger partial charge in [0.05, 0.1) is 11.0 Å². The van der Waals surface area contributed by atoms with Crippen molar-refractivity contribution in [3.05, 3.63) is 39.9 Å². The van der Waals surface area contributed by atoms with E-state index >= 15 is 0 Å². The number of nitrogens with one attached hydrogen (secondary N) is 1. The Morgan fingerprint density at radius 2 is 2.31 bits per heavy atom. The van der Waals surface area contributed by atoms with Crippen LogP contribution < -0.4 is 5.32 Å². The molecule has 0 spiro atoms. The standard InChI is InChI=1S/C11H13N3O2/c12-6-1-2-7-13-9-10-4-3-5-11(8-10)14(15)16/h3-5,8,13H,1-2,7,9H2. The first-order valence-electron chi connectivity index (χ1n) is 5.05. The smallest absolute Gasteiger partial charge is 0.269 e. The summed E-state index contributed by atoms with van der Waals surface area (Å²) in [5.41, 5.74) is 0.988. The van der Waals surface area contributed by atoms with Crippen LogP contribution in [-0.2, 0) is 6.54 Å². The van der Waals surface area contributed by atoms with Gasteiger partial charge in [-0.05, 0) is 18.5 Å². The lowest BCUT2D eigenvalue weighted by atomic mass is 10.2. The first-order chi connectivity index (χ1) is 7.74. The molecule has 1 aromatic carbocycles. The van der Waals surface area contributed by atoms with Gasteiger partial charge in [0.2, 0.25) is 0 Å². The fourth-order valence-corrected chi connectivity index (χ4v) is 1.31. The van der Waals surface area contributed by atoms with E-state index in [4.69, 9.17) is 5.26 Å². The van der Waals surface area contributed by atoms with Crippen molar-refractivity contribution >= 4 is 5.69 Å². The van der Waals surface area contributed by atoms with Crippen LogP contribution in [-0.4, -0.2) is 11.5 Å². The number of hydrogen-bond donors (Lipinski definition) is 1. The highest BCUT2D eigenvalue weighted by atomic mass is 16.6. The zero-order valence-corrected chi connectivity index (χ0v) is 8.85. The Morgan fingerprint density at radius 1 is 1.50 bits per heavy atom. The predicted octanol–water partition coefficient (Wildman–Crippen LogP) is 1.99. The third-order valence-corrected chi connectivity index (χ3v) is 2.09. The maximum absolute atomic E-state index is 10.5. The number of nitro groups is 1. The molecule has 1 N–H and O–H groups in total. The van der Waals surface area contributed by atoms with Gasteiger partial charge in [-0.25, -0.2) is 0 Å². The largest absolute Gasteiger partial charge is 0.313 e. The van der Waals surface area contributed by atoms with Crippen LogP contribution in [0.15, 0.2) is 24.3 Å². The summed E-state index contributed by atoms with van der Waals surface area (Å²) in [7, 11) is 0. The van der Waals surface area contributed by atoms with E-state index in [1.165, 1.54) is 6.07 Å². The summed E-state index contributed by atoms with van der Waals surface area (Å²) < 4.78 is 0. The molecular weight excluding hydrogens is 206 g/mol. The van der Waals surface area contributed by atoms with Crippen molar-refractivity contribution < 1.29 is 4.92 Å². The molecule has 0 radical (unpaired) electrons. The molecule has 16 heavy (non-hydrogen) atoms. The molecular formula is C11H13N3O2. The van der Waals surface area contributed by atoms with Gasteiger partial charge in [-0.15, -0.1) is 0 Å². The van der Waals surface area contributed by atoms with E-state index in [1.807, 2.05) is 6.07 Å². The van der Waals surface area contributed by atoms with E-state index in [1.54, 1.807) is 12.1 Å². The second kappa shape index (κ2) is 6.53. The molecule has 0 aliphatic rings. The molecule has 0 aromatic heterocycles. The van der Waals surface area contributed by atoms with Gasteiger partial charge in [-0.2, -0.15) is 5.26 Å². The van der Waals surface area contributed by atoms with Crippen LogP contribution >= 0.6 is 0 Å². The highest BCUT2D eigenvalue weighted by molar-refractivity contribution is 5.34. The predicted molar refractivity (Wildman–Crippen MR) is 59.7 cm³/mol. The average Bonchev–Trinajstić information content (AvgIpc) is 2.29. The number of hydrogen-bond acceptors (Lipinski definition) is 4. The van der Waals surface area contributed by atoms with Crippen molar-refractivity contribution in [3.63, 3.8) is 0 Å². The quantitative estimate of drug-likeness (QED) is 0.450. The molecule has 0 aliphatic carbocycles. The minimum Gasteiger partial charge on any atom is -0.313 e. The number of nitrogens with zero attached hydrogens (tertiary/aromatic N) is 2. The molecule has 0 aliphatic heterocycles. The van der Waals surface area contributed by atoms with E-state index in [9.17, 15) is 10.1 Å². The van der Waals surface area contributed by atoms with Gasteiger partial charge in [0.1, 0.15) is 0 Å². The van der Waals surface area contributed by atoms with Crippen LogP contribution in [0.4, 0.5) is 5.69 Å². The first kappa shape index (κ1) is 12.1. The zero-order valence-electron chi connectivity index (χ0n) is 8.85. The molecule has 0 amide bonds. The van der Waals surface area contributed by atoms with Crippen LogP contribution in [0.2, 0.25) is 0 Å². The van der Waals surface area contributed by atoms with E-state index < -0.39 is 4.92 Å². The lowest BCUT2D eigenvalue weighted by molar-refractivity contribution is -0.384. The van der Waals surface area contributed by atoms with Crippen molar-refractivity contribution in [2.24, 2.45) is 0 Å². The molecule has 0 saturated carbocycles. The number of non-ortho nitro benzene ring substituents is 1. The van der Waals surface area contributed by atoms with Gasteiger partial charge in [0, 0.05) is 25.1 Å². The van der Waals surface area contributed by atoms with E-state index in [-0.39, 0.29) is 5.69 Å². The van der Waals surface area contributed by atoms with E-state index in [0.29, 0.717) is 13.0 Å². The average molecular weight is 219 g/mol. The van der Waals surface area contributed by atoms with Gasteiger partial charge >= 0.3 is 0 Å². The van der Waals surface area contributed by atoms with Crippen LogP contribution in [0.5, 0.6) is 0 Å². The Morgan fingerprint density at radius 3 is 3.00 bits per heavy atom. The summed E-state index contributed by atoms with van der Waals surface area (Å²) in [5, 5.41) is 22.0. The SMILES string of the molecule is N#CCCCNCc1cccc([N+](=O)[O-])c1. The third-order valence-electron chi connectivity index (χ3n) is 2.09. The Balaban J connectivity index is 2.39. The van der Waals surface area contributed by atoms with Gasteiger partial charge in [0.25, 0.3) is 5.69 Å². The number of unbranched alkanes of at least 4 members (excludes halogenated alkanes) is 1. The molecule has 0 saturated heterocycles. The lowest BCUT2D eigenvalue weighted by Crippen LogP contribution is -2.14. The number of benzene rings is 1. The second-order valence-corrected chi connectivity index (χ2v) is 3.37. The van der Waals surface area contributed by atoms with Gasteiger partial charge in [0.15, 0.2) is 0 Å². The number of nitriles is 1. The Bertz CT molecular complexity index is 398. The molecule has 1 rings (SSSR count). The van der Waals surface area contributed by atoms with Crippen LogP contribution in [0.1, 0.15) is 18.4 Å². The fourth-order valence-electron chi connectivity index (χ4n) is 1.31. The topological polar surface area (TPSA) is 79.0 Å². The molecule has 0 bridgehead atoms. The second-order valence-electron chi connectivity index (χ2n) is 3.37. The number of rotatable bonds is 6. The molecule has 5 heteroatoms. The summed E-state index contributed by atoms with van der Waals surface area (Å²) in [6.45, 7) is 1.34. The molecule has 0 heterocycles. The lowest BCUT2D eigenvalue weighted by Gasteiger charge is -2.03. The molecule has 0 atom stereocenters. The first-order valence-corrected chi connectivity index (χ1v) is 5.05. The van der Waals surface area contributed by atoms with Crippen LogP contribution in [0.3, 0.4) is 0 Å². The maximum atomic E-state index is 10.5. The van der Waals surface area contributed by atoms with Gasteiger partial charge in [-0.3, -0.25) is 10.1 Å². The summed E-state index contributed by atoms with van der Waals surface area (Å²) in [4.78, 5) is 10.1. The van der Waals surface area contributed by atoms with Gasteiger partial charge < -0.3 is 5.32 Å². The Labute approximate surface area is 93.9 Å². The van der Waals surface area contributed by atoms with Crippen molar-refractivity contribution in [3.8, 4) is 6.07 Å². The molecule has 84 valence electrons. The summed E-state index contributed by atoms with van der Waals surface area (Å²) in [6, 6.07) is 8.59. The Hall–Kier alpha value is -1.93. The maximum Gasteiger partial charge on any atom is 0.269 e. The highest BCUT2D eigenvalue weighted by Crippen LogP contribution is 2.12. The summed E-state index contributed by atoms with van der Waals surface area (Å²) in [5.74, 6) is 0. The molecule has 5 nitrogen and oxygen atoms in total. The van der Waals surface area contributed by atoms with Crippen molar-refractivity contribution in [1.82, 2.24) is 5.32 Å². The number of nitro benzene ring substituents is 1. The minimum atomic E-state index is -0.404. The summed E-state index contributed by atoms with van der Waals surface area (Å²) >= 11 is 0. The van der Waals surface area contributed by atoms with Crippen LogP contribution in [0, 0.1) is 21.4 Å². The van der Waals surface area contributed by atoms with Crippen molar-refractivity contribution in [2.75, 3.05) is 6.54 Å².